The molecular weight excluding hydrogens is 342 g/mol. The van der Waals surface area contributed by atoms with Gasteiger partial charge in [-0.3, -0.25) is 4.68 Å². The molecule has 0 saturated carbocycles. The average Bonchev–Trinajstić information content (AvgIpc) is 3.10. The Morgan fingerprint density at radius 3 is 2.69 bits per heavy atom. The Hall–Kier alpha value is -1.92. The molecule has 0 aliphatic carbocycles. The molecular formula is C20H27N5S. The standard InChI is InChI=1S/C20H27N5S/c1-14-5-3-4-6-15(14)12-25-13-17(11-21-25)23-20(26)22-16-9-18-7-8-19(10-16)24(18)2/h3-6,11,13,16,18-19H,7-10,12H2,1-2H3,(H2,22,23,26)/t18-,19-/m1/s1. The predicted molar refractivity (Wildman–Crippen MR) is 109 cm³/mol. The zero-order valence-electron chi connectivity index (χ0n) is 15.5. The first-order chi connectivity index (χ1) is 12.6. The smallest absolute Gasteiger partial charge is 0.171 e. The Morgan fingerprint density at radius 1 is 1.23 bits per heavy atom. The third-order valence-corrected chi connectivity index (χ3v) is 6.14. The van der Waals surface area contributed by atoms with Crippen LogP contribution in [0.5, 0.6) is 0 Å². The molecule has 2 aromatic rings. The van der Waals surface area contributed by atoms with Gasteiger partial charge in [0.1, 0.15) is 0 Å². The van der Waals surface area contributed by atoms with Crippen molar-refractivity contribution in [3.8, 4) is 0 Å². The fraction of sp³-hybridized carbons (Fsp3) is 0.500. The summed E-state index contributed by atoms with van der Waals surface area (Å²) in [6.07, 6.45) is 8.86. The average molecular weight is 370 g/mol. The molecule has 1 aromatic carbocycles. The highest BCUT2D eigenvalue weighted by Gasteiger charge is 2.38. The lowest BCUT2D eigenvalue weighted by molar-refractivity contribution is 0.156. The Labute approximate surface area is 160 Å². The number of nitrogens with zero attached hydrogens (tertiary/aromatic N) is 3. The van der Waals surface area contributed by atoms with Gasteiger partial charge in [0.2, 0.25) is 0 Å². The van der Waals surface area contributed by atoms with Crippen LogP contribution in [0.15, 0.2) is 36.7 Å². The number of rotatable bonds is 4. The van der Waals surface area contributed by atoms with E-state index in [9.17, 15) is 0 Å². The third-order valence-electron chi connectivity index (χ3n) is 5.92. The number of aromatic nitrogens is 2. The van der Waals surface area contributed by atoms with Crippen molar-refractivity contribution in [3.63, 3.8) is 0 Å². The summed E-state index contributed by atoms with van der Waals surface area (Å²) < 4.78 is 1.95. The molecule has 0 amide bonds. The van der Waals surface area contributed by atoms with Crippen molar-refractivity contribution in [2.45, 2.75) is 57.3 Å². The second kappa shape index (κ2) is 7.37. The predicted octanol–water partition coefficient (Wildman–Crippen LogP) is 3.15. The third kappa shape index (κ3) is 3.76. The normalized spacial score (nSPS) is 25.2. The van der Waals surface area contributed by atoms with Gasteiger partial charge in [-0.2, -0.15) is 5.10 Å². The zero-order chi connectivity index (χ0) is 18.1. The van der Waals surface area contributed by atoms with Crippen LogP contribution in [0, 0.1) is 6.92 Å². The van der Waals surface area contributed by atoms with E-state index < -0.39 is 0 Å². The molecule has 2 aliphatic rings. The zero-order valence-corrected chi connectivity index (χ0v) is 16.3. The summed E-state index contributed by atoms with van der Waals surface area (Å²) in [7, 11) is 2.26. The molecule has 0 radical (unpaired) electrons. The highest BCUT2D eigenvalue weighted by Crippen LogP contribution is 2.34. The van der Waals surface area contributed by atoms with E-state index in [1.54, 1.807) is 0 Å². The van der Waals surface area contributed by atoms with Crippen molar-refractivity contribution >= 4 is 23.0 Å². The van der Waals surface area contributed by atoms with Crippen LogP contribution in [0.1, 0.15) is 36.8 Å². The number of aryl methyl sites for hydroxylation is 1. The second-order valence-corrected chi connectivity index (χ2v) is 8.08. The van der Waals surface area contributed by atoms with E-state index in [-0.39, 0.29) is 0 Å². The van der Waals surface area contributed by atoms with Gasteiger partial charge in [0.25, 0.3) is 0 Å². The van der Waals surface area contributed by atoms with Crippen LogP contribution >= 0.6 is 12.2 Å². The van der Waals surface area contributed by atoms with Gasteiger partial charge in [-0.1, -0.05) is 24.3 Å². The summed E-state index contributed by atoms with van der Waals surface area (Å²) in [5.74, 6) is 0. The van der Waals surface area contributed by atoms with Crippen LogP contribution < -0.4 is 10.6 Å². The molecule has 138 valence electrons. The lowest BCUT2D eigenvalue weighted by Gasteiger charge is -2.37. The Morgan fingerprint density at radius 2 is 1.96 bits per heavy atom. The highest BCUT2D eigenvalue weighted by molar-refractivity contribution is 7.80. The topological polar surface area (TPSA) is 45.1 Å². The van der Waals surface area contributed by atoms with Crippen LogP contribution in [0.2, 0.25) is 0 Å². The summed E-state index contributed by atoms with van der Waals surface area (Å²) in [5.41, 5.74) is 3.50. The monoisotopic (exact) mass is 369 g/mol. The molecule has 2 bridgehead atoms. The Bertz CT molecular complexity index is 772. The van der Waals surface area contributed by atoms with Crippen molar-refractivity contribution in [2.75, 3.05) is 12.4 Å². The fourth-order valence-corrected chi connectivity index (χ4v) is 4.64. The van der Waals surface area contributed by atoms with E-state index in [1.165, 1.54) is 36.8 Å². The largest absolute Gasteiger partial charge is 0.360 e. The molecule has 3 heterocycles. The number of piperidine rings is 1. The molecule has 0 unspecified atom stereocenters. The molecule has 6 heteroatoms. The molecule has 0 spiro atoms. The number of thiocarbonyl (C=S) groups is 1. The molecule has 2 N–H and O–H groups in total. The van der Waals surface area contributed by atoms with Gasteiger partial charge < -0.3 is 15.5 Å². The van der Waals surface area contributed by atoms with Crippen molar-refractivity contribution in [3.05, 3.63) is 47.8 Å². The van der Waals surface area contributed by atoms with Crippen molar-refractivity contribution in [1.82, 2.24) is 20.0 Å². The molecule has 2 fully saturated rings. The molecule has 26 heavy (non-hydrogen) atoms. The van der Waals surface area contributed by atoms with E-state index in [0.29, 0.717) is 23.2 Å². The van der Waals surface area contributed by atoms with Crippen LogP contribution in [0.25, 0.3) is 0 Å². The van der Waals surface area contributed by atoms with E-state index in [0.717, 1.165) is 12.2 Å². The molecule has 2 atom stereocenters. The molecule has 2 saturated heterocycles. The van der Waals surface area contributed by atoms with Gasteiger partial charge in [-0.25, -0.2) is 0 Å². The lowest BCUT2D eigenvalue weighted by atomic mass is 9.98. The number of hydrogen-bond donors (Lipinski definition) is 2. The van der Waals surface area contributed by atoms with E-state index in [2.05, 4.69) is 58.9 Å². The number of nitrogens with one attached hydrogen (secondary N) is 2. The van der Waals surface area contributed by atoms with Crippen LogP contribution in [-0.2, 0) is 6.54 Å². The first-order valence-electron chi connectivity index (χ1n) is 9.45. The number of fused-ring (bicyclic) bond motifs is 2. The maximum atomic E-state index is 5.53. The van der Waals surface area contributed by atoms with Gasteiger partial charge in [0.05, 0.1) is 18.4 Å². The maximum Gasteiger partial charge on any atom is 0.171 e. The summed E-state index contributed by atoms with van der Waals surface area (Å²) in [6, 6.07) is 10.3. The van der Waals surface area contributed by atoms with Crippen LogP contribution in [0.3, 0.4) is 0 Å². The quantitative estimate of drug-likeness (QED) is 0.811. The van der Waals surface area contributed by atoms with Crippen molar-refractivity contribution < 1.29 is 0 Å². The minimum atomic E-state index is 0.478. The maximum absolute atomic E-state index is 5.53. The highest BCUT2D eigenvalue weighted by atomic mass is 32.1. The van der Waals surface area contributed by atoms with Gasteiger partial charge in [-0.15, -0.1) is 0 Å². The summed E-state index contributed by atoms with van der Waals surface area (Å²) in [4.78, 5) is 2.55. The summed E-state index contributed by atoms with van der Waals surface area (Å²) >= 11 is 5.53. The molecule has 4 rings (SSSR count). The SMILES string of the molecule is Cc1ccccc1Cn1cc(NC(=S)NC2C[C@H]3CC[C@H](C2)N3C)cn1. The first kappa shape index (κ1) is 17.5. The molecule has 5 nitrogen and oxygen atoms in total. The Kier molecular flexibility index (Phi) is 4.96. The number of anilines is 1. The van der Waals surface area contributed by atoms with Gasteiger partial charge in [-0.05, 0) is 63.0 Å². The minimum Gasteiger partial charge on any atom is -0.360 e. The lowest BCUT2D eigenvalue weighted by Crippen LogP contribution is -2.49. The van der Waals surface area contributed by atoms with Gasteiger partial charge in [0, 0.05) is 24.3 Å². The summed E-state index contributed by atoms with van der Waals surface area (Å²) in [6.45, 7) is 2.90. The Balaban J connectivity index is 1.31. The summed E-state index contributed by atoms with van der Waals surface area (Å²) in [5, 5.41) is 12.0. The van der Waals surface area contributed by atoms with Gasteiger partial charge >= 0.3 is 0 Å². The van der Waals surface area contributed by atoms with Crippen LogP contribution in [-0.4, -0.2) is 45.0 Å². The van der Waals surface area contributed by atoms with Crippen LogP contribution in [0.4, 0.5) is 5.69 Å². The number of benzene rings is 1. The second-order valence-electron chi connectivity index (χ2n) is 7.67. The van der Waals surface area contributed by atoms with Gasteiger partial charge in [0.15, 0.2) is 5.11 Å². The van der Waals surface area contributed by atoms with E-state index in [1.807, 2.05) is 17.1 Å². The minimum absolute atomic E-state index is 0.478. The van der Waals surface area contributed by atoms with Crippen molar-refractivity contribution in [2.24, 2.45) is 0 Å². The first-order valence-corrected chi connectivity index (χ1v) is 9.86. The molecule has 1 aromatic heterocycles. The van der Waals surface area contributed by atoms with E-state index >= 15 is 0 Å². The number of hydrogen-bond acceptors (Lipinski definition) is 3. The molecule has 2 aliphatic heterocycles. The van der Waals surface area contributed by atoms with Crippen molar-refractivity contribution in [1.29, 1.82) is 0 Å². The van der Waals surface area contributed by atoms with E-state index in [4.69, 9.17) is 12.2 Å². The fourth-order valence-electron chi connectivity index (χ4n) is 4.36.